The zero-order valence-electron chi connectivity index (χ0n) is 13.4. The minimum atomic E-state index is -0.600. The molecule has 0 radical (unpaired) electrons. The Kier molecular flexibility index (Phi) is 6.92. The molecule has 0 saturated heterocycles. The summed E-state index contributed by atoms with van der Waals surface area (Å²) < 4.78 is 0. The van der Waals surface area contributed by atoms with Crippen LogP contribution in [0.1, 0.15) is 45.7 Å². The Labute approximate surface area is 127 Å². The van der Waals surface area contributed by atoms with Crippen molar-refractivity contribution in [2.24, 2.45) is 5.92 Å². The molecule has 0 aliphatic rings. The third-order valence-electron chi connectivity index (χ3n) is 3.35. The molecular formula is C17H26N2O2. The van der Waals surface area contributed by atoms with Gasteiger partial charge >= 0.3 is 0 Å². The lowest BCUT2D eigenvalue weighted by molar-refractivity contribution is -0.136. The van der Waals surface area contributed by atoms with Crippen molar-refractivity contribution in [1.82, 2.24) is 10.2 Å². The summed E-state index contributed by atoms with van der Waals surface area (Å²) in [6.07, 6.45) is 0.425. The molecule has 0 unspecified atom stereocenters. The number of carbonyl (C=O) groups is 2. The van der Waals surface area contributed by atoms with E-state index in [0.29, 0.717) is 19.5 Å². The molecule has 0 aliphatic heterocycles. The summed E-state index contributed by atoms with van der Waals surface area (Å²) >= 11 is 0. The van der Waals surface area contributed by atoms with Crippen molar-refractivity contribution in [2.45, 2.75) is 40.2 Å². The minimum absolute atomic E-state index is 0.0525. The third kappa shape index (κ3) is 5.21. The topological polar surface area (TPSA) is 49.4 Å². The van der Waals surface area contributed by atoms with Gasteiger partial charge in [-0.15, -0.1) is 0 Å². The molecule has 4 nitrogen and oxygen atoms in total. The summed E-state index contributed by atoms with van der Waals surface area (Å²) in [6.45, 7) is 9.14. The second-order valence-corrected chi connectivity index (χ2v) is 5.52. The molecule has 0 aromatic heterocycles. The van der Waals surface area contributed by atoms with Crippen molar-refractivity contribution in [3.05, 3.63) is 35.9 Å². The summed E-state index contributed by atoms with van der Waals surface area (Å²) in [6, 6.07) is 8.82. The van der Waals surface area contributed by atoms with Crippen LogP contribution in [-0.4, -0.2) is 29.8 Å². The average molecular weight is 290 g/mol. The van der Waals surface area contributed by atoms with E-state index in [-0.39, 0.29) is 17.7 Å². The van der Waals surface area contributed by atoms with Gasteiger partial charge in [-0.05, 0) is 25.3 Å². The fraction of sp³-hybridized carbons (Fsp3) is 0.529. The summed E-state index contributed by atoms with van der Waals surface area (Å²) in [5.41, 5.74) is 0.825. The first-order valence-electron chi connectivity index (χ1n) is 7.62. The van der Waals surface area contributed by atoms with Gasteiger partial charge in [0.25, 0.3) is 0 Å². The van der Waals surface area contributed by atoms with E-state index in [4.69, 9.17) is 0 Å². The van der Waals surface area contributed by atoms with Crippen molar-refractivity contribution in [1.29, 1.82) is 0 Å². The molecule has 0 heterocycles. The minimum Gasteiger partial charge on any atom is -0.341 e. The number of rotatable bonds is 7. The van der Waals surface area contributed by atoms with Crippen LogP contribution in [0.15, 0.2) is 30.3 Å². The molecule has 0 saturated carbocycles. The van der Waals surface area contributed by atoms with E-state index in [1.54, 1.807) is 4.90 Å². The van der Waals surface area contributed by atoms with Crippen molar-refractivity contribution < 1.29 is 9.59 Å². The molecule has 1 aromatic carbocycles. The summed E-state index contributed by atoms with van der Waals surface area (Å²) in [5.74, 6) is 0.132. The normalized spacial score (nSPS) is 12.0. The highest BCUT2D eigenvalue weighted by molar-refractivity contribution is 5.88. The molecule has 1 aromatic rings. The number of hydrogen-bond donors (Lipinski definition) is 1. The number of carbonyl (C=O) groups excluding carboxylic acids is 2. The first kappa shape index (κ1) is 17.2. The molecule has 0 spiro atoms. The standard InChI is InChI=1S/C17H26N2O2/c1-5-19(6-2)17(21)16(14-10-8-7-9-11-14)18-15(20)12-13(3)4/h7-11,13,16H,5-6,12H2,1-4H3,(H,18,20)/t16-/m0/s1. The van der Waals surface area contributed by atoms with Crippen LogP contribution in [0, 0.1) is 5.92 Å². The van der Waals surface area contributed by atoms with E-state index in [1.807, 2.05) is 58.0 Å². The molecule has 21 heavy (non-hydrogen) atoms. The largest absolute Gasteiger partial charge is 0.341 e. The Morgan fingerprint density at radius 3 is 2.14 bits per heavy atom. The van der Waals surface area contributed by atoms with Crippen LogP contribution in [0.25, 0.3) is 0 Å². The van der Waals surface area contributed by atoms with Crippen LogP contribution in [0.5, 0.6) is 0 Å². The zero-order chi connectivity index (χ0) is 15.8. The van der Waals surface area contributed by atoms with Gasteiger partial charge in [-0.1, -0.05) is 44.2 Å². The van der Waals surface area contributed by atoms with Gasteiger partial charge in [-0.3, -0.25) is 9.59 Å². The van der Waals surface area contributed by atoms with E-state index in [1.165, 1.54) is 0 Å². The van der Waals surface area contributed by atoms with Crippen LogP contribution in [-0.2, 0) is 9.59 Å². The maximum Gasteiger partial charge on any atom is 0.249 e. The smallest absolute Gasteiger partial charge is 0.249 e. The molecule has 4 heteroatoms. The fourth-order valence-corrected chi connectivity index (χ4v) is 2.24. The van der Waals surface area contributed by atoms with Crippen molar-refractivity contribution in [3.63, 3.8) is 0 Å². The van der Waals surface area contributed by atoms with E-state index in [2.05, 4.69) is 5.32 Å². The van der Waals surface area contributed by atoms with Gasteiger partial charge in [0.1, 0.15) is 6.04 Å². The van der Waals surface area contributed by atoms with Gasteiger partial charge in [0, 0.05) is 19.5 Å². The van der Waals surface area contributed by atoms with Crippen LogP contribution in [0.2, 0.25) is 0 Å². The fourth-order valence-electron chi connectivity index (χ4n) is 2.24. The van der Waals surface area contributed by atoms with Crippen LogP contribution in [0.4, 0.5) is 0 Å². The van der Waals surface area contributed by atoms with Gasteiger partial charge in [0.05, 0.1) is 0 Å². The van der Waals surface area contributed by atoms with E-state index >= 15 is 0 Å². The first-order chi connectivity index (χ1) is 9.99. The predicted molar refractivity (Wildman–Crippen MR) is 84.7 cm³/mol. The highest BCUT2D eigenvalue weighted by Crippen LogP contribution is 2.16. The highest BCUT2D eigenvalue weighted by Gasteiger charge is 2.26. The molecule has 116 valence electrons. The van der Waals surface area contributed by atoms with Gasteiger partial charge in [-0.25, -0.2) is 0 Å². The van der Waals surface area contributed by atoms with Gasteiger partial charge in [0.2, 0.25) is 11.8 Å². The molecule has 1 rings (SSSR count). The molecule has 0 bridgehead atoms. The van der Waals surface area contributed by atoms with Crippen LogP contribution in [0.3, 0.4) is 0 Å². The lowest BCUT2D eigenvalue weighted by Gasteiger charge is -2.26. The Bertz CT molecular complexity index is 453. The Hall–Kier alpha value is -1.84. The van der Waals surface area contributed by atoms with Crippen molar-refractivity contribution in [2.75, 3.05) is 13.1 Å². The Morgan fingerprint density at radius 1 is 1.10 bits per heavy atom. The predicted octanol–water partition coefficient (Wildman–Crippen LogP) is 2.76. The van der Waals surface area contributed by atoms with Gasteiger partial charge in [0.15, 0.2) is 0 Å². The second-order valence-electron chi connectivity index (χ2n) is 5.52. The van der Waals surface area contributed by atoms with Crippen molar-refractivity contribution >= 4 is 11.8 Å². The maximum atomic E-state index is 12.6. The number of nitrogens with one attached hydrogen (secondary N) is 1. The number of amides is 2. The van der Waals surface area contributed by atoms with E-state index < -0.39 is 6.04 Å². The summed E-state index contributed by atoms with van der Waals surface area (Å²) in [5, 5.41) is 2.88. The SMILES string of the molecule is CCN(CC)C(=O)[C@@H](NC(=O)CC(C)C)c1ccccc1. The number of likely N-dealkylation sites (N-methyl/N-ethyl adjacent to an activating group) is 1. The van der Waals surface area contributed by atoms with E-state index in [9.17, 15) is 9.59 Å². The molecule has 1 N–H and O–H groups in total. The maximum absolute atomic E-state index is 12.6. The molecule has 0 aliphatic carbocycles. The molecular weight excluding hydrogens is 264 g/mol. The zero-order valence-corrected chi connectivity index (χ0v) is 13.4. The van der Waals surface area contributed by atoms with Gasteiger partial charge in [-0.2, -0.15) is 0 Å². The lowest BCUT2D eigenvalue weighted by atomic mass is 10.0. The quantitative estimate of drug-likeness (QED) is 0.839. The molecule has 0 fully saturated rings. The lowest BCUT2D eigenvalue weighted by Crippen LogP contribution is -2.43. The Morgan fingerprint density at radius 2 is 1.67 bits per heavy atom. The van der Waals surface area contributed by atoms with E-state index in [0.717, 1.165) is 5.56 Å². The van der Waals surface area contributed by atoms with Crippen LogP contribution >= 0.6 is 0 Å². The average Bonchev–Trinajstić information content (AvgIpc) is 2.46. The number of nitrogens with zero attached hydrogens (tertiary/aromatic N) is 1. The van der Waals surface area contributed by atoms with Crippen LogP contribution < -0.4 is 5.32 Å². The monoisotopic (exact) mass is 290 g/mol. The third-order valence-corrected chi connectivity index (χ3v) is 3.35. The molecule has 1 atom stereocenters. The van der Waals surface area contributed by atoms with Crippen molar-refractivity contribution in [3.8, 4) is 0 Å². The number of benzene rings is 1. The first-order valence-corrected chi connectivity index (χ1v) is 7.62. The van der Waals surface area contributed by atoms with Gasteiger partial charge < -0.3 is 10.2 Å². The highest BCUT2D eigenvalue weighted by atomic mass is 16.2. The second kappa shape index (κ2) is 8.45. The Balaban J connectivity index is 2.95. The summed E-state index contributed by atoms with van der Waals surface area (Å²) in [7, 11) is 0. The summed E-state index contributed by atoms with van der Waals surface area (Å²) in [4.78, 5) is 26.4. The molecule has 2 amide bonds. The number of hydrogen-bond acceptors (Lipinski definition) is 2.